The zero-order valence-corrected chi connectivity index (χ0v) is 9.36. The van der Waals surface area contributed by atoms with Crippen LogP contribution < -0.4 is 0 Å². The second-order valence-corrected chi connectivity index (χ2v) is 3.59. The summed E-state index contributed by atoms with van der Waals surface area (Å²) in [6, 6.07) is 0. The lowest BCUT2D eigenvalue weighted by atomic mass is 10.3. The second-order valence-electron chi connectivity index (χ2n) is 3.59. The van der Waals surface area contributed by atoms with Gasteiger partial charge in [-0.15, -0.1) is 0 Å². The van der Waals surface area contributed by atoms with E-state index in [0.29, 0.717) is 19.7 Å². The fourth-order valence-corrected chi connectivity index (χ4v) is 1.04. The molecule has 5 nitrogen and oxygen atoms in total. The van der Waals surface area contributed by atoms with Crippen LogP contribution in [0.2, 0.25) is 0 Å². The van der Waals surface area contributed by atoms with E-state index in [1.165, 1.54) is 12.0 Å². The first-order valence-electron chi connectivity index (χ1n) is 4.53. The molecular weight excluding hydrogens is 184 g/mol. The molecule has 0 aliphatic carbocycles. The molecular formula is C9H20N2O3. The number of ether oxygens (including phenoxy) is 1. The van der Waals surface area contributed by atoms with E-state index < -0.39 is 6.10 Å². The number of aliphatic hydroxyl groups is 1. The fourth-order valence-electron chi connectivity index (χ4n) is 1.04. The highest BCUT2D eigenvalue weighted by Crippen LogP contribution is 1.91. The lowest BCUT2D eigenvalue weighted by Crippen LogP contribution is -2.39. The Bertz CT molecular complexity index is 173. The predicted molar refractivity (Wildman–Crippen MR) is 54.1 cm³/mol. The Morgan fingerprint density at radius 3 is 2.43 bits per heavy atom. The van der Waals surface area contributed by atoms with Crippen LogP contribution in [0, 0.1) is 0 Å². The average molecular weight is 204 g/mol. The molecule has 84 valence electrons. The molecule has 0 radical (unpaired) electrons. The standard InChI is InChI=1S/C9H20N2O3/c1-10(2)9(13)6-11(3)5-8(12)7-14-4/h8,12H,5-7H2,1-4H3. The summed E-state index contributed by atoms with van der Waals surface area (Å²) in [4.78, 5) is 14.6. The Morgan fingerprint density at radius 1 is 1.43 bits per heavy atom. The Hall–Kier alpha value is -0.650. The maximum absolute atomic E-state index is 11.3. The Labute approximate surface area is 85.2 Å². The van der Waals surface area contributed by atoms with E-state index in [1.807, 2.05) is 0 Å². The Kier molecular flexibility index (Phi) is 6.44. The number of carbonyl (C=O) groups excluding carboxylic acids is 1. The van der Waals surface area contributed by atoms with Crippen LogP contribution in [0.4, 0.5) is 0 Å². The first-order chi connectivity index (χ1) is 6.47. The molecule has 0 saturated carbocycles. The number of nitrogens with zero attached hydrogens (tertiary/aromatic N) is 2. The maximum Gasteiger partial charge on any atom is 0.236 e. The molecule has 1 unspecified atom stereocenters. The smallest absolute Gasteiger partial charge is 0.236 e. The highest BCUT2D eigenvalue weighted by Gasteiger charge is 2.12. The Morgan fingerprint density at radius 2 is 2.00 bits per heavy atom. The van der Waals surface area contributed by atoms with Crippen LogP contribution in [0.25, 0.3) is 0 Å². The first kappa shape index (κ1) is 13.4. The normalized spacial score (nSPS) is 13.0. The molecule has 1 N–H and O–H groups in total. The molecule has 0 aromatic heterocycles. The van der Waals surface area contributed by atoms with E-state index in [4.69, 9.17) is 4.74 Å². The molecule has 14 heavy (non-hydrogen) atoms. The molecule has 0 heterocycles. The molecule has 0 saturated heterocycles. The third-order valence-corrected chi connectivity index (χ3v) is 1.79. The number of hydrogen-bond acceptors (Lipinski definition) is 4. The lowest BCUT2D eigenvalue weighted by Gasteiger charge is -2.21. The number of hydrogen-bond donors (Lipinski definition) is 1. The van der Waals surface area contributed by atoms with Crippen molar-refractivity contribution in [3.63, 3.8) is 0 Å². The van der Waals surface area contributed by atoms with Gasteiger partial charge in [0, 0.05) is 27.7 Å². The van der Waals surface area contributed by atoms with Crippen molar-refractivity contribution in [1.82, 2.24) is 9.80 Å². The van der Waals surface area contributed by atoms with E-state index in [1.54, 1.807) is 26.0 Å². The monoisotopic (exact) mass is 204 g/mol. The van der Waals surface area contributed by atoms with Crippen molar-refractivity contribution in [3.05, 3.63) is 0 Å². The van der Waals surface area contributed by atoms with Crippen LogP contribution in [0.3, 0.4) is 0 Å². The van der Waals surface area contributed by atoms with Crippen LogP contribution >= 0.6 is 0 Å². The molecule has 0 aliphatic rings. The molecule has 0 fully saturated rings. The van der Waals surface area contributed by atoms with Crippen molar-refractivity contribution in [2.45, 2.75) is 6.10 Å². The molecule has 1 atom stereocenters. The van der Waals surface area contributed by atoms with Gasteiger partial charge in [0.1, 0.15) is 0 Å². The number of carbonyl (C=O) groups is 1. The summed E-state index contributed by atoms with van der Waals surface area (Å²) in [5.41, 5.74) is 0. The van der Waals surface area contributed by atoms with Crippen molar-refractivity contribution in [1.29, 1.82) is 0 Å². The minimum absolute atomic E-state index is 0.0251. The number of amides is 1. The van der Waals surface area contributed by atoms with Crippen LogP contribution in [-0.2, 0) is 9.53 Å². The van der Waals surface area contributed by atoms with Gasteiger partial charge in [0.15, 0.2) is 0 Å². The highest BCUT2D eigenvalue weighted by atomic mass is 16.5. The van der Waals surface area contributed by atoms with E-state index in [2.05, 4.69) is 0 Å². The largest absolute Gasteiger partial charge is 0.389 e. The summed E-state index contributed by atoms with van der Waals surface area (Å²) in [5.74, 6) is 0.0251. The molecule has 0 bridgehead atoms. The molecule has 5 heteroatoms. The maximum atomic E-state index is 11.3. The third kappa shape index (κ3) is 5.90. The van der Waals surface area contributed by atoms with Crippen LogP contribution in [0.5, 0.6) is 0 Å². The van der Waals surface area contributed by atoms with Gasteiger partial charge < -0.3 is 14.7 Å². The van der Waals surface area contributed by atoms with Gasteiger partial charge >= 0.3 is 0 Å². The first-order valence-corrected chi connectivity index (χ1v) is 4.53. The van der Waals surface area contributed by atoms with Crippen molar-refractivity contribution < 1.29 is 14.6 Å². The van der Waals surface area contributed by atoms with Crippen molar-refractivity contribution in [2.24, 2.45) is 0 Å². The van der Waals surface area contributed by atoms with E-state index in [0.717, 1.165) is 0 Å². The van der Waals surface area contributed by atoms with Crippen LogP contribution in [0.1, 0.15) is 0 Å². The van der Waals surface area contributed by atoms with Gasteiger partial charge in [-0.2, -0.15) is 0 Å². The van der Waals surface area contributed by atoms with Gasteiger partial charge in [-0.05, 0) is 7.05 Å². The number of rotatable bonds is 6. The SMILES string of the molecule is COCC(O)CN(C)CC(=O)N(C)C. The summed E-state index contributed by atoms with van der Waals surface area (Å²) in [6.07, 6.45) is -0.542. The minimum Gasteiger partial charge on any atom is -0.389 e. The average Bonchev–Trinajstić information content (AvgIpc) is 2.03. The summed E-state index contributed by atoms with van der Waals surface area (Å²) in [6.45, 7) is 1.04. The fraction of sp³-hybridized carbons (Fsp3) is 0.889. The molecule has 0 spiro atoms. The predicted octanol–water partition coefficient (Wildman–Crippen LogP) is -0.986. The summed E-state index contributed by atoms with van der Waals surface area (Å²) < 4.78 is 4.78. The van der Waals surface area contributed by atoms with E-state index in [9.17, 15) is 9.90 Å². The number of aliphatic hydroxyl groups excluding tert-OH is 1. The van der Waals surface area contributed by atoms with Gasteiger partial charge in [-0.1, -0.05) is 0 Å². The van der Waals surface area contributed by atoms with Crippen molar-refractivity contribution >= 4 is 5.91 Å². The number of methoxy groups -OCH3 is 1. The highest BCUT2D eigenvalue weighted by molar-refractivity contribution is 5.77. The molecule has 0 aliphatic heterocycles. The molecule has 0 aromatic carbocycles. The number of likely N-dealkylation sites (N-methyl/N-ethyl adjacent to an activating group) is 2. The van der Waals surface area contributed by atoms with Gasteiger partial charge in [-0.25, -0.2) is 0 Å². The van der Waals surface area contributed by atoms with Crippen LogP contribution in [-0.4, -0.2) is 74.9 Å². The summed E-state index contributed by atoms with van der Waals surface area (Å²) in [7, 11) is 6.75. The van der Waals surface area contributed by atoms with Gasteiger partial charge in [0.05, 0.1) is 19.3 Å². The topological polar surface area (TPSA) is 53.0 Å². The summed E-state index contributed by atoms with van der Waals surface area (Å²) >= 11 is 0. The minimum atomic E-state index is -0.542. The second kappa shape index (κ2) is 6.75. The van der Waals surface area contributed by atoms with E-state index in [-0.39, 0.29) is 5.91 Å². The van der Waals surface area contributed by atoms with Crippen molar-refractivity contribution in [3.8, 4) is 0 Å². The zero-order valence-electron chi connectivity index (χ0n) is 9.36. The van der Waals surface area contributed by atoms with Gasteiger partial charge in [0.2, 0.25) is 5.91 Å². The lowest BCUT2D eigenvalue weighted by molar-refractivity contribution is -0.129. The van der Waals surface area contributed by atoms with Crippen LogP contribution in [0.15, 0.2) is 0 Å². The quantitative estimate of drug-likeness (QED) is 0.604. The summed E-state index contributed by atoms with van der Waals surface area (Å²) in [5, 5.41) is 9.38. The molecule has 1 amide bonds. The van der Waals surface area contributed by atoms with Gasteiger partial charge in [-0.3, -0.25) is 9.69 Å². The zero-order chi connectivity index (χ0) is 11.1. The van der Waals surface area contributed by atoms with E-state index >= 15 is 0 Å². The molecule has 0 aromatic rings. The Balaban J connectivity index is 3.74. The van der Waals surface area contributed by atoms with Crippen molar-refractivity contribution in [2.75, 3.05) is 47.9 Å². The molecule has 0 rings (SSSR count). The van der Waals surface area contributed by atoms with Gasteiger partial charge in [0.25, 0.3) is 0 Å². The third-order valence-electron chi connectivity index (χ3n) is 1.79.